The van der Waals surface area contributed by atoms with Gasteiger partial charge in [0.05, 0.1) is 5.41 Å². The highest BCUT2D eigenvalue weighted by atomic mass is 79.9. The van der Waals surface area contributed by atoms with Gasteiger partial charge in [0.25, 0.3) is 0 Å². The zero-order valence-corrected chi connectivity index (χ0v) is 24.4. The maximum absolute atomic E-state index is 6.57. The average Bonchev–Trinajstić information content (AvgIpc) is 3.26. The molecule has 3 heteroatoms. The van der Waals surface area contributed by atoms with E-state index < -0.39 is 5.41 Å². The van der Waals surface area contributed by atoms with Crippen LogP contribution in [0.15, 0.2) is 130 Å². The predicted molar refractivity (Wildman–Crippen MR) is 169 cm³/mol. The molecule has 40 heavy (non-hydrogen) atoms. The molecule has 3 aliphatic rings. The molecule has 2 aliphatic carbocycles. The summed E-state index contributed by atoms with van der Waals surface area (Å²) in [4.78, 5) is 0. The number of halogens is 2. The fourth-order valence-electron chi connectivity index (χ4n) is 7.39. The van der Waals surface area contributed by atoms with Crippen molar-refractivity contribution < 1.29 is 4.74 Å². The maximum atomic E-state index is 6.57. The molecule has 0 radical (unpaired) electrons. The molecule has 0 fully saturated rings. The molecule has 0 N–H and O–H groups in total. The second-order valence-electron chi connectivity index (χ2n) is 10.7. The molecule has 0 saturated heterocycles. The summed E-state index contributed by atoms with van der Waals surface area (Å²) in [6.45, 7) is 0. The minimum absolute atomic E-state index is 0.540. The van der Waals surface area contributed by atoms with E-state index in [0.717, 1.165) is 20.4 Å². The lowest BCUT2D eigenvalue weighted by molar-refractivity contribution is 0.436. The van der Waals surface area contributed by atoms with Crippen molar-refractivity contribution in [3.8, 4) is 56.0 Å². The molecule has 0 bridgehead atoms. The maximum Gasteiger partial charge on any atom is 0.132 e. The summed E-state index contributed by atoms with van der Waals surface area (Å²) in [6.07, 6.45) is 0. The number of hydrogen-bond acceptors (Lipinski definition) is 1. The van der Waals surface area contributed by atoms with Gasteiger partial charge in [0.1, 0.15) is 11.5 Å². The monoisotopic (exact) mass is 638 g/mol. The van der Waals surface area contributed by atoms with Crippen molar-refractivity contribution in [2.75, 3.05) is 0 Å². The lowest BCUT2D eigenvalue weighted by Crippen LogP contribution is -2.32. The summed E-state index contributed by atoms with van der Waals surface area (Å²) in [6, 6.07) is 44.0. The van der Waals surface area contributed by atoms with Gasteiger partial charge in [-0.2, -0.15) is 0 Å². The number of para-hydroxylation sites is 2. The van der Waals surface area contributed by atoms with Gasteiger partial charge >= 0.3 is 0 Å². The van der Waals surface area contributed by atoms with E-state index in [0.29, 0.717) is 0 Å². The van der Waals surface area contributed by atoms with E-state index in [1.807, 2.05) is 0 Å². The summed E-state index contributed by atoms with van der Waals surface area (Å²) >= 11 is 7.91. The van der Waals surface area contributed by atoms with Crippen molar-refractivity contribution in [1.82, 2.24) is 0 Å². The van der Waals surface area contributed by atoms with Gasteiger partial charge in [0, 0.05) is 20.1 Å². The summed E-state index contributed by atoms with van der Waals surface area (Å²) in [5, 5.41) is 0. The Morgan fingerprint density at radius 3 is 1.23 bits per heavy atom. The van der Waals surface area contributed by atoms with E-state index in [-0.39, 0.29) is 0 Å². The average molecular weight is 640 g/mol. The van der Waals surface area contributed by atoms with Gasteiger partial charge in [-0.25, -0.2) is 0 Å². The number of rotatable bonds is 0. The lowest BCUT2D eigenvalue weighted by Gasteiger charge is -2.39. The van der Waals surface area contributed by atoms with E-state index in [1.54, 1.807) is 0 Å². The first-order chi connectivity index (χ1) is 19.7. The highest BCUT2D eigenvalue weighted by Gasteiger charge is 2.53. The van der Waals surface area contributed by atoms with Gasteiger partial charge in [-0.1, -0.05) is 117 Å². The highest BCUT2D eigenvalue weighted by molar-refractivity contribution is 9.10. The molecule has 6 aromatic rings. The van der Waals surface area contributed by atoms with Crippen molar-refractivity contribution in [3.63, 3.8) is 0 Å². The van der Waals surface area contributed by atoms with Gasteiger partial charge in [-0.15, -0.1) is 0 Å². The molecule has 0 atom stereocenters. The Bertz CT molecular complexity index is 1920. The molecule has 1 aliphatic heterocycles. The Hall–Kier alpha value is -3.92. The standard InChI is InChI=1S/C37H20Br2O/c38-21-17-27-25-11-3-1-9-23(25)24-10-2-4-12-26(24)28-18-22(39)20-32-36(28)35(27)31(19-21)37(32)29-13-5-7-15-33(29)40-34-16-8-6-14-30(34)37/h1-20H. The number of benzene rings is 6. The summed E-state index contributed by atoms with van der Waals surface area (Å²) in [5.74, 6) is 1.80. The van der Waals surface area contributed by atoms with Crippen LogP contribution >= 0.6 is 31.9 Å². The summed E-state index contributed by atoms with van der Waals surface area (Å²) < 4.78 is 8.71. The Morgan fingerprint density at radius 2 is 0.775 bits per heavy atom. The molecule has 0 aromatic heterocycles. The number of ether oxygens (including phenoxy) is 1. The molecule has 1 nitrogen and oxygen atoms in total. The van der Waals surface area contributed by atoms with E-state index in [2.05, 4.69) is 153 Å². The molecular formula is C37H20Br2O. The summed E-state index contributed by atoms with van der Waals surface area (Å²) in [7, 11) is 0. The second kappa shape index (κ2) is 8.06. The van der Waals surface area contributed by atoms with Crippen molar-refractivity contribution in [2.24, 2.45) is 0 Å². The first kappa shape index (κ1) is 22.9. The van der Waals surface area contributed by atoms with E-state index in [1.165, 1.54) is 66.8 Å². The Kier molecular flexibility index (Phi) is 4.61. The molecule has 9 rings (SSSR count). The minimum Gasteiger partial charge on any atom is -0.457 e. The predicted octanol–water partition coefficient (Wildman–Crippen LogP) is 11.0. The summed E-state index contributed by atoms with van der Waals surface area (Å²) in [5.41, 5.74) is 14.5. The zero-order valence-electron chi connectivity index (χ0n) is 21.2. The van der Waals surface area contributed by atoms with Crippen LogP contribution in [-0.4, -0.2) is 0 Å². The van der Waals surface area contributed by atoms with E-state index in [9.17, 15) is 0 Å². The van der Waals surface area contributed by atoms with Crippen LogP contribution in [0.4, 0.5) is 0 Å². The van der Waals surface area contributed by atoms with Crippen LogP contribution < -0.4 is 4.74 Å². The first-order valence-corrected chi connectivity index (χ1v) is 15.0. The van der Waals surface area contributed by atoms with E-state index in [4.69, 9.17) is 4.74 Å². The first-order valence-electron chi connectivity index (χ1n) is 13.4. The van der Waals surface area contributed by atoms with Gasteiger partial charge in [0.15, 0.2) is 0 Å². The molecule has 0 saturated carbocycles. The fraction of sp³-hybridized carbons (Fsp3) is 0.0270. The largest absolute Gasteiger partial charge is 0.457 e. The van der Waals surface area contributed by atoms with Gasteiger partial charge in [0.2, 0.25) is 0 Å². The van der Waals surface area contributed by atoms with Gasteiger partial charge < -0.3 is 4.74 Å². The van der Waals surface area contributed by atoms with Crippen LogP contribution in [0.25, 0.3) is 44.5 Å². The SMILES string of the molecule is Brc1cc2c3c(c1)C1(c4ccccc4Oc4ccccc41)c1cc(Br)cc(c1-3)-c1ccccc1-c1ccccc1-2. The van der Waals surface area contributed by atoms with Crippen molar-refractivity contribution in [1.29, 1.82) is 0 Å². The van der Waals surface area contributed by atoms with Crippen molar-refractivity contribution in [3.05, 3.63) is 153 Å². The van der Waals surface area contributed by atoms with Gasteiger partial charge in [-0.05, 0) is 92.0 Å². The quantitative estimate of drug-likeness (QED) is 0.160. The van der Waals surface area contributed by atoms with Gasteiger partial charge in [-0.3, -0.25) is 0 Å². The molecule has 188 valence electrons. The third-order valence-electron chi connectivity index (χ3n) is 8.79. The Labute approximate surface area is 249 Å². The fourth-order valence-corrected chi connectivity index (χ4v) is 8.31. The Balaban J connectivity index is 1.58. The highest BCUT2D eigenvalue weighted by Crippen LogP contribution is 2.66. The Morgan fingerprint density at radius 1 is 0.400 bits per heavy atom. The van der Waals surface area contributed by atoms with E-state index >= 15 is 0 Å². The molecule has 0 unspecified atom stereocenters. The topological polar surface area (TPSA) is 9.23 Å². The van der Waals surface area contributed by atoms with Crippen LogP contribution in [0, 0.1) is 0 Å². The smallest absolute Gasteiger partial charge is 0.132 e. The normalized spacial score (nSPS) is 14.2. The molecule has 1 heterocycles. The molecule has 1 spiro atoms. The van der Waals surface area contributed by atoms with Crippen LogP contribution in [0.2, 0.25) is 0 Å². The second-order valence-corrected chi connectivity index (χ2v) is 12.5. The zero-order chi connectivity index (χ0) is 26.6. The van der Waals surface area contributed by atoms with Crippen LogP contribution in [-0.2, 0) is 5.41 Å². The van der Waals surface area contributed by atoms with Crippen molar-refractivity contribution >= 4 is 31.9 Å². The van der Waals surface area contributed by atoms with Crippen LogP contribution in [0.5, 0.6) is 11.5 Å². The third kappa shape index (κ3) is 2.77. The molecule has 6 aromatic carbocycles. The number of fused-ring (bicyclic) bond motifs is 11. The van der Waals surface area contributed by atoms with Crippen molar-refractivity contribution in [2.45, 2.75) is 5.41 Å². The molecular weight excluding hydrogens is 620 g/mol. The minimum atomic E-state index is -0.540. The number of hydrogen-bond donors (Lipinski definition) is 0. The third-order valence-corrected chi connectivity index (χ3v) is 9.71. The lowest BCUT2D eigenvalue weighted by atomic mass is 9.66. The van der Waals surface area contributed by atoms with Crippen LogP contribution in [0.3, 0.4) is 0 Å². The molecule has 0 amide bonds. The van der Waals surface area contributed by atoms with Crippen LogP contribution in [0.1, 0.15) is 22.3 Å².